The summed E-state index contributed by atoms with van der Waals surface area (Å²) in [5.74, 6) is 1.91. The third-order valence-corrected chi connectivity index (χ3v) is 4.96. The SMILES string of the molecule is CN(CC(=O)N1CCSc2ccccc21)Cc1ccc(Br)o1. The molecular weight excluding hydrogens is 364 g/mol. The van der Waals surface area contributed by atoms with E-state index < -0.39 is 0 Å². The first kappa shape index (κ1) is 15.6. The van der Waals surface area contributed by atoms with Gasteiger partial charge in [0.2, 0.25) is 5.91 Å². The third-order valence-electron chi connectivity index (χ3n) is 3.49. The summed E-state index contributed by atoms with van der Waals surface area (Å²) in [5, 5.41) is 0. The molecule has 0 spiro atoms. The summed E-state index contributed by atoms with van der Waals surface area (Å²) in [5.41, 5.74) is 1.03. The second-order valence-corrected chi connectivity index (χ2v) is 7.16. The summed E-state index contributed by atoms with van der Waals surface area (Å²) in [4.78, 5) is 17.6. The third kappa shape index (κ3) is 3.56. The molecule has 22 heavy (non-hydrogen) atoms. The molecule has 1 amide bonds. The monoisotopic (exact) mass is 380 g/mol. The summed E-state index contributed by atoms with van der Waals surface area (Å²) in [6, 6.07) is 11.9. The second kappa shape index (κ2) is 6.89. The molecule has 0 saturated carbocycles. The number of nitrogens with zero attached hydrogens (tertiary/aromatic N) is 2. The zero-order valence-corrected chi connectivity index (χ0v) is 14.7. The van der Waals surface area contributed by atoms with Crippen molar-refractivity contribution in [3.8, 4) is 0 Å². The molecule has 0 unspecified atom stereocenters. The number of likely N-dealkylation sites (N-methyl/N-ethyl adjacent to an activating group) is 1. The summed E-state index contributed by atoms with van der Waals surface area (Å²) in [6.07, 6.45) is 0. The highest BCUT2D eigenvalue weighted by molar-refractivity contribution is 9.10. The van der Waals surface area contributed by atoms with E-state index in [2.05, 4.69) is 22.0 Å². The fourth-order valence-electron chi connectivity index (χ4n) is 2.50. The van der Waals surface area contributed by atoms with Gasteiger partial charge < -0.3 is 9.32 Å². The van der Waals surface area contributed by atoms with Crippen molar-refractivity contribution in [2.75, 3.05) is 30.8 Å². The van der Waals surface area contributed by atoms with Gasteiger partial charge in [-0.1, -0.05) is 12.1 Å². The number of furan rings is 1. The second-order valence-electron chi connectivity index (χ2n) is 5.24. The van der Waals surface area contributed by atoms with Crippen LogP contribution >= 0.6 is 27.7 Å². The molecule has 0 fully saturated rings. The highest BCUT2D eigenvalue weighted by Crippen LogP contribution is 2.34. The van der Waals surface area contributed by atoms with Gasteiger partial charge in [0.1, 0.15) is 5.76 Å². The number of para-hydroxylation sites is 1. The van der Waals surface area contributed by atoms with Crippen LogP contribution in [-0.2, 0) is 11.3 Å². The number of rotatable bonds is 4. The Labute approximate surface area is 142 Å². The maximum atomic E-state index is 12.6. The number of fused-ring (bicyclic) bond motifs is 1. The number of thioether (sulfide) groups is 1. The van der Waals surface area contributed by atoms with Crippen molar-refractivity contribution in [2.24, 2.45) is 0 Å². The Hall–Kier alpha value is -1.24. The fourth-order valence-corrected chi connectivity index (χ4v) is 3.84. The van der Waals surface area contributed by atoms with E-state index in [4.69, 9.17) is 4.42 Å². The lowest BCUT2D eigenvalue weighted by Crippen LogP contribution is -2.41. The lowest BCUT2D eigenvalue weighted by Gasteiger charge is -2.30. The average Bonchev–Trinajstić information content (AvgIpc) is 2.91. The lowest BCUT2D eigenvalue weighted by atomic mass is 10.2. The normalized spacial score (nSPS) is 14.2. The van der Waals surface area contributed by atoms with Crippen LogP contribution in [0.25, 0.3) is 0 Å². The summed E-state index contributed by atoms with van der Waals surface area (Å²) in [7, 11) is 1.93. The standard InChI is InChI=1S/C16H17BrN2O2S/c1-18(10-12-6-7-15(17)21-12)11-16(20)19-8-9-22-14-5-3-2-4-13(14)19/h2-7H,8-11H2,1H3. The molecule has 0 aliphatic carbocycles. The molecule has 0 saturated heterocycles. The van der Waals surface area contributed by atoms with E-state index in [0.29, 0.717) is 17.8 Å². The van der Waals surface area contributed by atoms with Crippen molar-refractivity contribution in [2.45, 2.75) is 11.4 Å². The summed E-state index contributed by atoms with van der Waals surface area (Å²) >= 11 is 5.10. The average molecular weight is 381 g/mol. The van der Waals surface area contributed by atoms with Gasteiger partial charge in [-0.2, -0.15) is 0 Å². The van der Waals surface area contributed by atoms with Gasteiger partial charge in [-0.15, -0.1) is 11.8 Å². The van der Waals surface area contributed by atoms with Gasteiger partial charge >= 0.3 is 0 Å². The zero-order valence-electron chi connectivity index (χ0n) is 12.3. The van der Waals surface area contributed by atoms with E-state index in [1.165, 1.54) is 4.90 Å². The van der Waals surface area contributed by atoms with E-state index in [1.54, 1.807) is 11.8 Å². The molecule has 4 nitrogen and oxygen atoms in total. The Morgan fingerprint density at radius 3 is 2.95 bits per heavy atom. The van der Waals surface area contributed by atoms with Crippen molar-refractivity contribution in [1.29, 1.82) is 0 Å². The van der Waals surface area contributed by atoms with Crippen LogP contribution in [0.2, 0.25) is 0 Å². The number of carbonyl (C=O) groups is 1. The molecule has 2 aromatic rings. The van der Waals surface area contributed by atoms with E-state index in [0.717, 1.165) is 23.7 Å². The Balaban J connectivity index is 1.65. The molecule has 0 radical (unpaired) electrons. The summed E-state index contributed by atoms with van der Waals surface area (Å²) in [6.45, 7) is 1.75. The van der Waals surface area contributed by atoms with E-state index in [9.17, 15) is 4.79 Å². The van der Waals surface area contributed by atoms with Gasteiger partial charge in [-0.3, -0.25) is 9.69 Å². The summed E-state index contributed by atoms with van der Waals surface area (Å²) < 4.78 is 6.20. The lowest BCUT2D eigenvalue weighted by molar-refractivity contribution is -0.119. The number of halogens is 1. The Kier molecular flexibility index (Phi) is 4.90. The molecule has 6 heteroatoms. The molecule has 0 atom stereocenters. The predicted octanol–water partition coefficient (Wildman–Crippen LogP) is 3.61. The van der Waals surface area contributed by atoms with Crippen LogP contribution in [0.1, 0.15) is 5.76 Å². The largest absolute Gasteiger partial charge is 0.453 e. The van der Waals surface area contributed by atoms with Crippen LogP contribution in [0.4, 0.5) is 5.69 Å². The van der Waals surface area contributed by atoms with Crippen molar-refractivity contribution < 1.29 is 9.21 Å². The highest BCUT2D eigenvalue weighted by atomic mass is 79.9. The minimum atomic E-state index is 0.126. The number of amides is 1. The molecule has 3 rings (SSSR count). The van der Waals surface area contributed by atoms with Gasteiger partial charge in [0.05, 0.1) is 18.8 Å². The Morgan fingerprint density at radius 2 is 2.18 bits per heavy atom. The fraction of sp³-hybridized carbons (Fsp3) is 0.312. The Morgan fingerprint density at radius 1 is 1.36 bits per heavy atom. The number of benzene rings is 1. The number of carbonyl (C=O) groups excluding carboxylic acids is 1. The van der Waals surface area contributed by atoms with E-state index in [1.807, 2.05) is 47.2 Å². The minimum Gasteiger partial charge on any atom is -0.453 e. The van der Waals surface area contributed by atoms with E-state index in [-0.39, 0.29) is 5.91 Å². The quantitative estimate of drug-likeness (QED) is 0.811. The van der Waals surface area contributed by atoms with Crippen LogP contribution in [0, 0.1) is 0 Å². The predicted molar refractivity (Wildman–Crippen MR) is 92.3 cm³/mol. The number of hydrogen-bond donors (Lipinski definition) is 0. The molecule has 116 valence electrons. The molecule has 0 N–H and O–H groups in total. The van der Waals surface area contributed by atoms with Gasteiger partial charge in [0.25, 0.3) is 0 Å². The van der Waals surface area contributed by atoms with Gasteiger partial charge in [-0.05, 0) is 47.2 Å². The molecule has 1 aromatic heterocycles. The minimum absolute atomic E-state index is 0.126. The molecule has 1 aliphatic rings. The molecule has 1 aromatic carbocycles. The van der Waals surface area contributed by atoms with Crippen LogP contribution in [0.5, 0.6) is 0 Å². The van der Waals surface area contributed by atoms with Crippen LogP contribution in [0.3, 0.4) is 0 Å². The molecule has 1 aliphatic heterocycles. The van der Waals surface area contributed by atoms with Crippen molar-refractivity contribution in [1.82, 2.24) is 4.90 Å². The maximum Gasteiger partial charge on any atom is 0.241 e. The zero-order chi connectivity index (χ0) is 15.5. The molecular formula is C16H17BrN2O2S. The number of hydrogen-bond acceptors (Lipinski definition) is 4. The van der Waals surface area contributed by atoms with Gasteiger partial charge in [-0.25, -0.2) is 0 Å². The van der Waals surface area contributed by atoms with Crippen molar-refractivity contribution in [3.63, 3.8) is 0 Å². The van der Waals surface area contributed by atoms with Gasteiger partial charge in [0, 0.05) is 17.2 Å². The van der Waals surface area contributed by atoms with E-state index >= 15 is 0 Å². The maximum absolute atomic E-state index is 12.6. The first-order chi connectivity index (χ1) is 10.6. The van der Waals surface area contributed by atoms with Crippen LogP contribution in [0.15, 0.2) is 50.4 Å². The first-order valence-corrected chi connectivity index (χ1v) is 8.86. The first-order valence-electron chi connectivity index (χ1n) is 7.08. The smallest absolute Gasteiger partial charge is 0.241 e. The van der Waals surface area contributed by atoms with Crippen LogP contribution < -0.4 is 4.90 Å². The topological polar surface area (TPSA) is 36.7 Å². The number of anilines is 1. The van der Waals surface area contributed by atoms with Crippen molar-refractivity contribution in [3.05, 3.63) is 46.8 Å². The van der Waals surface area contributed by atoms with Gasteiger partial charge in [0.15, 0.2) is 4.67 Å². The Bertz CT molecular complexity index is 674. The van der Waals surface area contributed by atoms with Crippen molar-refractivity contribution >= 4 is 39.3 Å². The molecule has 0 bridgehead atoms. The highest BCUT2D eigenvalue weighted by Gasteiger charge is 2.23. The molecule has 2 heterocycles. The van der Waals surface area contributed by atoms with Crippen LogP contribution in [-0.4, -0.2) is 36.7 Å².